The molecule has 128 valence electrons. The van der Waals surface area contributed by atoms with Crippen LogP contribution in [0.1, 0.15) is 28.9 Å². The van der Waals surface area contributed by atoms with Crippen molar-refractivity contribution in [3.05, 3.63) is 23.2 Å². The first-order valence-electron chi connectivity index (χ1n) is 7.94. The van der Waals surface area contributed by atoms with Crippen LogP contribution in [-0.4, -0.2) is 41.7 Å². The first-order chi connectivity index (χ1) is 11.5. The summed E-state index contributed by atoms with van der Waals surface area (Å²) in [4.78, 5) is 29.1. The number of anilines is 1. The van der Waals surface area contributed by atoms with Crippen molar-refractivity contribution in [3.8, 4) is 0 Å². The molecule has 0 unspecified atom stereocenters. The van der Waals surface area contributed by atoms with Gasteiger partial charge in [0.2, 0.25) is 0 Å². The van der Waals surface area contributed by atoms with Crippen LogP contribution in [-0.2, 0) is 0 Å². The molecule has 7 nitrogen and oxygen atoms in total. The number of carbonyl (C=O) groups excluding carboxylic acids is 1. The minimum absolute atomic E-state index is 0.423. The quantitative estimate of drug-likeness (QED) is 0.768. The van der Waals surface area contributed by atoms with Gasteiger partial charge in [0.05, 0.1) is 20.8 Å². The normalized spacial score (nSPS) is 15.6. The first kappa shape index (κ1) is 16.5. The minimum Gasteiger partial charge on any atom is -0.465 e. The van der Waals surface area contributed by atoms with Gasteiger partial charge in [-0.1, -0.05) is 0 Å². The molecule has 0 atom stereocenters. The number of nitrogens with two attached hydrogens (primary N) is 1. The summed E-state index contributed by atoms with van der Waals surface area (Å²) >= 11 is 1.39. The molecule has 1 aliphatic rings. The number of pyridine rings is 1. The van der Waals surface area contributed by atoms with E-state index in [-0.39, 0.29) is 0 Å². The molecule has 3 rings (SSSR count). The van der Waals surface area contributed by atoms with Gasteiger partial charge in [-0.05, 0) is 37.3 Å². The Balaban J connectivity index is 1.67. The van der Waals surface area contributed by atoms with Gasteiger partial charge < -0.3 is 21.1 Å². The topological polar surface area (TPSA) is 109 Å². The number of nitrogens with one attached hydrogen (secondary N) is 1. The van der Waals surface area contributed by atoms with Crippen molar-refractivity contribution in [2.75, 3.05) is 24.5 Å². The highest BCUT2D eigenvalue weighted by Crippen LogP contribution is 2.35. The highest BCUT2D eigenvalue weighted by Gasteiger charge is 2.22. The average Bonchev–Trinajstić information content (AvgIpc) is 3.00. The lowest BCUT2D eigenvalue weighted by molar-refractivity contribution is 0.100. The lowest BCUT2D eigenvalue weighted by Crippen LogP contribution is -2.35. The maximum atomic E-state index is 11.4. The van der Waals surface area contributed by atoms with E-state index >= 15 is 0 Å². The van der Waals surface area contributed by atoms with E-state index in [2.05, 4.69) is 15.2 Å². The summed E-state index contributed by atoms with van der Waals surface area (Å²) in [6.07, 6.45) is 3.72. The van der Waals surface area contributed by atoms with Gasteiger partial charge in [-0.2, -0.15) is 0 Å². The van der Waals surface area contributed by atoms with E-state index in [0.717, 1.165) is 48.3 Å². The molecule has 0 aliphatic carbocycles. The first-order valence-corrected chi connectivity index (χ1v) is 8.76. The van der Waals surface area contributed by atoms with Crippen LogP contribution in [0.3, 0.4) is 0 Å². The predicted molar refractivity (Wildman–Crippen MR) is 93.7 cm³/mol. The molecule has 2 amide bonds. The van der Waals surface area contributed by atoms with Crippen LogP contribution in [0.15, 0.2) is 18.3 Å². The van der Waals surface area contributed by atoms with Crippen molar-refractivity contribution in [2.45, 2.75) is 19.3 Å². The fourth-order valence-corrected chi connectivity index (χ4v) is 4.15. The zero-order valence-electron chi connectivity index (χ0n) is 13.2. The van der Waals surface area contributed by atoms with Crippen molar-refractivity contribution in [3.63, 3.8) is 0 Å². The number of aromatic nitrogens is 1. The molecule has 0 spiro atoms. The molecular weight excluding hydrogens is 328 g/mol. The summed E-state index contributed by atoms with van der Waals surface area (Å²) in [6.45, 7) is 2.34. The second-order valence-corrected chi connectivity index (χ2v) is 7.02. The van der Waals surface area contributed by atoms with Crippen LogP contribution in [0.5, 0.6) is 0 Å². The predicted octanol–water partition coefficient (Wildman–Crippen LogP) is 2.27. The average molecular weight is 348 g/mol. The molecule has 0 saturated carbocycles. The summed E-state index contributed by atoms with van der Waals surface area (Å²) in [6, 6.07) is 3.73. The van der Waals surface area contributed by atoms with Crippen molar-refractivity contribution in [1.29, 1.82) is 0 Å². The van der Waals surface area contributed by atoms with E-state index in [4.69, 9.17) is 10.8 Å². The number of hydrogen-bond acceptors (Lipinski definition) is 5. The second kappa shape index (κ2) is 7.04. The molecule has 1 fully saturated rings. The van der Waals surface area contributed by atoms with Gasteiger partial charge in [0.1, 0.15) is 0 Å². The van der Waals surface area contributed by atoms with Gasteiger partial charge in [0.15, 0.2) is 0 Å². The van der Waals surface area contributed by atoms with E-state index in [9.17, 15) is 9.59 Å². The minimum atomic E-state index is -0.963. The number of carboxylic acid groups (broad SMARTS) is 1. The molecule has 1 aliphatic heterocycles. The smallest absolute Gasteiger partial charge is 0.404 e. The Hall–Kier alpha value is -2.35. The lowest BCUT2D eigenvalue weighted by atomic mass is 9.93. The molecule has 3 heterocycles. The Labute approximate surface area is 143 Å². The fourth-order valence-electron chi connectivity index (χ4n) is 3.14. The SMILES string of the molecule is NC(=O)c1cc2nccc(N3CCC(CCNC(=O)O)CC3)c2s1. The molecule has 0 aromatic carbocycles. The third-order valence-electron chi connectivity index (χ3n) is 4.42. The fraction of sp³-hybridized carbons (Fsp3) is 0.438. The molecule has 2 aromatic rings. The number of carbonyl (C=O) groups is 2. The van der Waals surface area contributed by atoms with Gasteiger partial charge in [-0.25, -0.2) is 4.79 Å². The molecule has 0 bridgehead atoms. The van der Waals surface area contributed by atoms with Crippen molar-refractivity contribution < 1.29 is 14.7 Å². The third kappa shape index (κ3) is 3.59. The zero-order valence-corrected chi connectivity index (χ0v) is 14.0. The van der Waals surface area contributed by atoms with Crippen LogP contribution in [0.2, 0.25) is 0 Å². The van der Waals surface area contributed by atoms with Crippen molar-refractivity contribution in [1.82, 2.24) is 10.3 Å². The van der Waals surface area contributed by atoms with Gasteiger partial charge >= 0.3 is 6.09 Å². The standard InChI is InChI=1S/C16H20N4O3S/c17-15(21)13-9-11-14(24-13)12(2-6-18-11)20-7-3-10(4-8-20)1-5-19-16(22)23/h2,6,9-10,19H,1,3-5,7-8H2,(H2,17,21)(H,22,23). The summed E-state index contributed by atoms with van der Waals surface area (Å²) in [7, 11) is 0. The molecule has 4 N–H and O–H groups in total. The van der Waals surface area contributed by atoms with Gasteiger partial charge in [-0.3, -0.25) is 9.78 Å². The monoisotopic (exact) mass is 348 g/mol. The van der Waals surface area contributed by atoms with Gasteiger partial charge in [0.25, 0.3) is 5.91 Å². The highest BCUT2D eigenvalue weighted by molar-refractivity contribution is 7.21. The number of amides is 2. The van der Waals surface area contributed by atoms with Crippen LogP contribution in [0.4, 0.5) is 10.5 Å². The largest absolute Gasteiger partial charge is 0.465 e. The molecule has 0 radical (unpaired) electrons. The third-order valence-corrected chi connectivity index (χ3v) is 5.58. The Morgan fingerprint density at radius 1 is 1.42 bits per heavy atom. The Morgan fingerprint density at radius 3 is 2.83 bits per heavy atom. The number of piperidine rings is 1. The lowest BCUT2D eigenvalue weighted by Gasteiger charge is -2.33. The maximum Gasteiger partial charge on any atom is 0.404 e. The molecule has 24 heavy (non-hydrogen) atoms. The highest BCUT2D eigenvalue weighted by atomic mass is 32.1. The van der Waals surface area contributed by atoms with Crippen molar-refractivity contribution in [2.24, 2.45) is 11.7 Å². The Kier molecular flexibility index (Phi) is 4.84. The summed E-state index contributed by atoms with van der Waals surface area (Å²) in [5.41, 5.74) is 7.28. The summed E-state index contributed by atoms with van der Waals surface area (Å²) in [5, 5.41) is 11.0. The number of primary amides is 1. The number of fused-ring (bicyclic) bond motifs is 1. The molecule has 1 saturated heterocycles. The van der Waals surface area contributed by atoms with Crippen LogP contribution in [0.25, 0.3) is 10.2 Å². The summed E-state index contributed by atoms with van der Waals surface area (Å²) in [5.74, 6) is 0.114. The van der Waals surface area contributed by atoms with E-state index in [1.165, 1.54) is 11.3 Å². The maximum absolute atomic E-state index is 11.4. The Morgan fingerprint density at radius 2 is 2.17 bits per heavy atom. The second-order valence-electron chi connectivity index (χ2n) is 5.97. The van der Waals surface area contributed by atoms with Gasteiger partial charge in [0, 0.05) is 25.8 Å². The van der Waals surface area contributed by atoms with Crippen molar-refractivity contribution >= 4 is 39.2 Å². The number of nitrogens with zero attached hydrogens (tertiary/aromatic N) is 2. The van der Waals surface area contributed by atoms with Crippen LogP contribution < -0.4 is 16.0 Å². The van der Waals surface area contributed by atoms with Crippen LogP contribution in [0, 0.1) is 5.92 Å². The number of hydrogen-bond donors (Lipinski definition) is 3. The molecule has 2 aromatic heterocycles. The van der Waals surface area contributed by atoms with E-state index < -0.39 is 12.0 Å². The number of thiophene rings is 1. The molecular formula is C16H20N4O3S. The summed E-state index contributed by atoms with van der Waals surface area (Å²) < 4.78 is 0.997. The Bertz CT molecular complexity index is 753. The number of rotatable bonds is 5. The zero-order chi connectivity index (χ0) is 17.1. The van der Waals surface area contributed by atoms with E-state index in [1.807, 2.05) is 6.07 Å². The van der Waals surface area contributed by atoms with Crippen LogP contribution >= 0.6 is 11.3 Å². The van der Waals surface area contributed by atoms with E-state index in [0.29, 0.717) is 17.3 Å². The van der Waals surface area contributed by atoms with Gasteiger partial charge in [-0.15, -0.1) is 11.3 Å². The molecule has 8 heteroatoms. The van der Waals surface area contributed by atoms with E-state index in [1.54, 1.807) is 12.3 Å².